The van der Waals surface area contributed by atoms with Gasteiger partial charge in [-0.3, -0.25) is 28.8 Å². The van der Waals surface area contributed by atoms with Gasteiger partial charge in [0.25, 0.3) is 0 Å². The molecule has 1 aromatic heterocycles. The van der Waals surface area contributed by atoms with Crippen molar-refractivity contribution in [2.45, 2.75) is 180 Å². The molecule has 0 radical (unpaired) electrons. The maximum absolute atomic E-state index is 14.1. The third-order valence-corrected chi connectivity index (χ3v) is 10.5. The van der Waals surface area contributed by atoms with E-state index in [-0.39, 0.29) is 19.3 Å². The summed E-state index contributed by atoms with van der Waals surface area (Å²) in [5.74, 6) is -4.76. The minimum Gasteiger partial charge on any atom is -0.784 e. The molecule has 7 N–H and O–H groups in total. The lowest BCUT2D eigenvalue weighted by Crippen LogP contribution is -2.74. The molecule has 1 saturated heterocycles. The highest BCUT2D eigenvalue weighted by atomic mass is 16.6. The Morgan fingerprint density at radius 2 is 1.22 bits per heavy atom. The van der Waals surface area contributed by atoms with Crippen molar-refractivity contribution in [1.29, 1.82) is 0 Å². The van der Waals surface area contributed by atoms with Crippen LogP contribution in [0.3, 0.4) is 0 Å². The fourth-order valence-corrected chi connectivity index (χ4v) is 7.52. The molecule has 1 atom stereocenters. The summed E-state index contributed by atoms with van der Waals surface area (Å²) in [6.07, 6.45) is 1.68. The molecule has 0 unspecified atom stereocenters. The van der Waals surface area contributed by atoms with Crippen LogP contribution >= 0.6 is 0 Å². The number of aromatic nitrogens is 1. The fraction of sp³-hybridized carbons (Fsp3) is 0.651. The third-order valence-electron chi connectivity index (χ3n) is 10.5. The first kappa shape index (κ1) is 49.3. The molecular weight excluding hydrogens is 773 g/mol. The van der Waals surface area contributed by atoms with Crippen molar-refractivity contribution in [2.24, 2.45) is 0 Å². The maximum atomic E-state index is 14.1. The molecule has 17 heteroatoms. The summed E-state index contributed by atoms with van der Waals surface area (Å²) in [5.41, 5.74) is -9.33. The van der Waals surface area contributed by atoms with E-state index in [0.29, 0.717) is 5.56 Å². The van der Waals surface area contributed by atoms with Crippen LogP contribution in [0.1, 0.15) is 129 Å². The number of nitrogens with one attached hydrogen (secondary N) is 7. The van der Waals surface area contributed by atoms with Crippen LogP contribution in [-0.2, 0) is 44.7 Å². The molecule has 1 aromatic carbocycles. The van der Waals surface area contributed by atoms with Crippen LogP contribution in [-0.4, -0.2) is 102 Å². The van der Waals surface area contributed by atoms with E-state index in [1.807, 2.05) is 24.3 Å². The molecule has 0 bridgehead atoms. The van der Waals surface area contributed by atoms with Gasteiger partial charge in [0, 0.05) is 41.5 Å². The maximum Gasteiger partial charge on any atom is 0.331 e. The van der Waals surface area contributed by atoms with Crippen LogP contribution < -0.4 is 31.9 Å². The summed E-state index contributed by atoms with van der Waals surface area (Å²) in [7, 11) is 0. The Kier molecular flexibility index (Phi) is 13.8. The number of H-pyrrole nitrogens is 1. The Labute approximate surface area is 353 Å². The van der Waals surface area contributed by atoms with E-state index in [1.54, 1.807) is 54.7 Å². The van der Waals surface area contributed by atoms with Gasteiger partial charge in [-0.1, -0.05) is 18.2 Å². The zero-order valence-corrected chi connectivity index (χ0v) is 38.2. The second kappa shape index (κ2) is 16.8. The Morgan fingerprint density at radius 3 is 1.72 bits per heavy atom. The molecule has 60 heavy (non-hydrogen) atoms. The number of amides is 6. The summed E-state index contributed by atoms with van der Waals surface area (Å²) in [6.45, 7) is 24.7. The summed E-state index contributed by atoms with van der Waals surface area (Å²) >= 11 is 0. The molecule has 334 valence electrons. The standard InChI is InChI=1S/C43H67N8O9/c1-25(52)46-43(23-37(5,6)51(59)38(7,8)24-43)34(57)50-41(13,14)33(56)49-40(11,12)32(55)48-39(9,10)31(54)45-29(21-26-22-44-28-20-18-17-19-27(26)28)30(53)47-42(15,16)35(58)60-36(2,3)4/h17-20,22,29,44H,21,23-24H2,1-16H3,(H,45,54)(H,46,52)(H,47,53)(H,48,55)(H,49,56)(H,50,57)/q-1/t29-/m0/s1. The molecule has 2 heterocycles. The number of hydrogen-bond acceptors (Lipinski definition) is 10. The van der Waals surface area contributed by atoms with Gasteiger partial charge in [0.2, 0.25) is 35.4 Å². The number of nitrogens with zero attached hydrogens (tertiary/aromatic N) is 1. The molecule has 2 aromatic rings. The molecule has 1 aliphatic heterocycles. The number of hydrogen-bond donors (Lipinski definition) is 7. The zero-order valence-electron chi connectivity index (χ0n) is 38.2. The van der Waals surface area contributed by atoms with Crippen LogP contribution in [0.4, 0.5) is 0 Å². The van der Waals surface area contributed by atoms with Gasteiger partial charge in [-0.25, -0.2) is 4.79 Å². The van der Waals surface area contributed by atoms with E-state index >= 15 is 0 Å². The van der Waals surface area contributed by atoms with E-state index in [4.69, 9.17) is 4.74 Å². The number of rotatable bonds is 14. The number of carbonyl (C=O) groups excluding carboxylic acids is 7. The van der Waals surface area contributed by atoms with Gasteiger partial charge >= 0.3 is 5.97 Å². The molecule has 17 nitrogen and oxygen atoms in total. The zero-order chi connectivity index (χ0) is 46.2. The minimum absolute atomic E-state index is 0.0196. The number of esters is 1. The quantitative estimate of drug-likeness (QED) is 0.137. The third kappa shape index (κ3) is 11.6. The largest absolute Gasteiger partial charge is 0.784 e. The highest BCUT2D eigenvalue weighted by Crippen LogP contribution is 2.43. The van der Waals surface area contributed by atoms with Crippen molar-refractivity contribution < 1.29 is 38.3 Å². The molecule has 3 rings (SSSR count). The average molecular weight is 840 g/mol. The number of fused-ring (bicyclic) bond motifs is 1. The lowest BCUT2D eigenvalue weighted by molar-refractivity contribution is -0.163. The van der Waals surface area contributed by atoms with E-state index in [2.05, 4.69) is 36.9 Å². The number of carbonyl (C=O) groups is 7. The summed E-state index contributed by atoms with van der Waals surface area (Å²) in [5, 5.41) is 31.2. The Hall–Kier alpha value is -5.03. The Morgan fingerprint density at radius 1 is 0.733 bits per heavy atom. The van der Waals surface area contributed by atoms with Crippen LogP contribution in [0.15, 0.2) is 30.5 Å². The first-order chi connectivity index (χ1) is 27.0. The number of ether oxygens (including phenoxy) is 1. The van der Waals surface area contributed by atoms with Crippen molar-refractivity contribution in [3.8, 4) is 0 Å². The lowest BCUT2D eigenvalue weighted by Gasteiger charge is -2.62. The average Bonchev–Trinajstić information content (AvgIpc) is 3.47. The Bertz CT molecular complexity index is 1990. The lowest BCUT2D eigenvalue weighted by atomic mass is 9.69. The number of aromatic amines is 1. The summed E-state index contributed by atoms with van der Waals surface area (Å²) in [6, 6.07) is 6.22. The van der Waals surface area contributed by atoms with Crippen LogP contribution in [0.2, 0.25) is 0 Å². The molecule has 0 aliphatic carbocycles. The van der Waals surface area contributed by atoms with Gasteiger partial charge in [-0.15, -0.1) is 0 Å². The van der Waals surface area contributed by atoms with E-state index < -0.39 is 91.8 Å². The smallest absolute Gasteiger partial charge is 0.331 e. The van der Waals surface area contributed by atoms with Crippen LogP contribution in [0.5, 0.6) is 0 Å². The highest BCUT2D eigenvalue weighted by molar-refractivity contribution is 6.01. The summed E-state index contributed by atoms with van der Waals surface area (Å²) < 4.78 is 5.52. The summed E-state index contributed by atoms with van der Waals surface area (Å²) in [4.78, 5) is 98.3. The molecule has 1 fully saturated rings. The second-order valence-corrected chi connectivity index (χ2v) is 20.5. The number of piperidine rings is 1. The van der Waals surface area contributed by atoms with E-state index in [0.717, 1.165) is 16.0 Å². The molecule has 6 amide bonds. The van der Waals surface area contributed by atoms with Gasteiger partial charge in [0.05, 0.1) is 0 Å². The molecule has 0 saturated carbocycles. The molecule has 1 aliphatic rings. The monoisotopic (exact) mass is 840 g/mol. The fourth-order valence-electron chi connectivity index (χ4n) is 7.52. The number of hydroxylamine groups is 2. The predicted molar refractivity (Wildman–Crippen MR) is 228 cm³/mol. The topological polar surface area (TPSA) is 243 Å². The highest BCUT2D eigenvalue weighted by Gasteiger charge is 2.54. The molecular formula is C43H67N8O9-. The van der Waals surface area contributed by atoms with Gasteiger partial charge in [0.15, 0.2) is 0 Å². The van der Waals surface area contributed by atoms with Gasteiger partial charge in [0.1, 0.15) is 39.3 Å². The first-order valence-electron chi connectivity index (χ1n) is 20.1. The van der Waals surface area contributed by atoms with Gasteiger partial charge in [-0.05, 0) is 128 Å². The van der Waals surface area contributed by atoms with Crippen molar-refractivity contribution in [3.63, 3.8) is 0 Å². The van der Waals surface area contributed by atoms with Crippen molar-refractivity contribution in [1.82, 2.24) is 41.9 Å². The number of para-hydroxylation sites is 1. The van der Waals surface area contributed by atoms with Crippen molar-refractivity contribution >= 4 is 52.3 Å². The Balaban J connectivity index is 1.81. The molecule has 0 spiro atoms. The van der Waals surface area contributed by atoms with E-state index in [1.165, 1.54) is 62.3 Å². The van der Waals surface area contributed by atoms with Crippen molar-refractivity contribution in [2.75, 3.05) is 0 Å². The minimum atomic E-state index is -1.65. The normalized spacial score (nSPS) is 17.4. The van der Waals surface area contributed by atoms with Crippen LogP contribution in [0.25, 0.3) is 10.9 Å². The first-order valence-corrected chi connectivity index (χ1v) is 20.1. The van der Waals surface area contributed by atoms with Gasteiger partial charge in [-0.2, -0.15) is 0 Å². The van der Waals surface area contributed by atoms with E-state index in [9.17, 15) is 38.8 Å². The second-order valence-electron chi connectivity index (χ2n) is 20.5. The van der Waals surface area contributed by atoms with Gasteiger partial charge < -0.3 is 51.9 Å². The van der Waals surface area contributed by atoms with Crippen molar-refractivity contribution in [3.05, 3.63) is 41.2 Å². The van der Waals surface area contributed by atoms with Crippen LogP contribution in [0, 0.1) is 5.21 Å². The predicted octanol–water partition coefficient (Wildman–Crippen LogP) is 3.14. The number of benzene rings is 1. The SMILES string of the molecule is CC(=O)NC1(C(=O)NC(C)(C)C(=O)NC(C)(C)C(=O)NC(C)(C)C(=O)N[C@@H](Cc2c[nH]c3ccccc23)C(=O)NC(C)(C)C(=O)OC(C)(C)C)CC(C)(C)N([O-])C(C)(C)C1.